The Labute approximate surface area is 113 Å². The number of carbonyl (C=O) groups excluding carboxylic acids is 1. The van der Waals surface area contributed by atoms with Gasteiger partial charge in [-0.25, -0.2) is 4.98 Å². The number of rotatable bonds is 9. The van der Waals surface area contributed by atoms with Crippen molar-refractivity contribution in [2.45, 2.75) is 13.5 Å². The lowest BCUT2D eigenvalue weighted by atomic mass is 10.2. The van der Waals surface area contributed by atoms with Crippen LogP contribution in [0.15, 0.2) is 18.3 Å². The number of carbonyl (C=O) groups is 1. The molecule has 3 N–H and O–H groups in total. The maximum absolute atomic E-state index is 10.9. The lowest BCUT2D eigenvalue weighted by Gasteiger charge is -2.20. The van der Waals surface area contributed by atoms with Crippen LogP contribution >= 0.6 is 0 Å². The molecular formula is C13H22N4O2. The van der Waals surface area contributed by atoms with Crippen LogP contribution in [-0.2, 0) is 16.1 Å². The van der Waals surface area contributed by atoms with Crippen LogP contribution in [-0.4, -0.2) is 44.2 Å². The molecule has 6 heteroatoms. The van der Waals surface area contributed by atoms with Crippen LogP contribution in [0.1, 0.15) is 12.5 Å². The molecule has 0 saturated carbocycles. The smallest absolute Gasteiger partial charge is 0.236 e. The number of primary amides is 1. The van der Waals surface area contributed by atoms with E-state index in [2.05, 4.69) is 10.3 Å². The van der Waals surface area contributed by atoms with Crippen LogP contribution in [0.25, 0.3) is 0 Å². The molecule has 0 fully saturated rings. The van der Waals surface area contributed by atoms with Crippen molar-refractivity contribution in [1.29, 1.82) is 0 Å². The molecule has 19 heavy (non-hydrogen) atoms. The minimum Gasteiger partial charge on any atom is -0.383 e. The van der Waals surface area contributed by atoms with Crippen LogP contribution in [0.4, 0.5) is 5.82 Å². The van der Waals surface area contributed by atoms with Crippen molar-refractivity contribution < 1.29 is 9.53 Å². The van der Waals surface area contributed by atoms with Gasteiger partial charge in [-0.15, -0.1) is 0 Å². The van der Waals surface area contributed by atoms with E-state index in [1.54, 1.807) is 13.3 Å². The number of likely N-dealkylation sites (N-methyl/N-ethyl adjacent to an activating group) is 1. The van der Waals surface area contributed by atoms with Gasteiger partial charge in [0.05, 0.1) is 13.2 Å². The van der Waals surface area contributed by atoms with Gasteiger partial charge in [-0.1, -0.05) is 6.07 Å². The zero-order chi connectivity index (χ0) is 14.1. The average Bonchev–Trinajstić information content (AvgIpc) is 2.41. The molecule has 0 aliphatic rings. The highest BCUT2D eigenvalue weighted by Gasteiger charge is 2.08. The first-order valence-corrected chi connectivity index (χ1v) is 6.35. The van der Waals surface area contributed by atoms with Gasteiger partial charge < -0.3 is 20.7 Å². The highest BCUT2D eigenvalue weighted by Crippen LogP contribution is 2.10. The molecular weight excluding hydrogens is 244 g/mol. The summed E-state index contributed by atoms with van der Waals surface area (Å²) in [5, 5.41) is 3.24. The second kappa shape index (κ2) is 8.44. The highest BCUT2D eigenvalue weighted by molar-refractivity contribution is 5.79. The van der Waals surface area contributed by atoms with E-state index in [4.69, 9.17) is 10.5 Å². The molecule has 0 aromatic carbocycles. The van der Waals surface area contributed by atoms with E-state index in [0.29, 0.717) is 13.2 Å². The number of hydrogen-bond donors (Lipinski definition) is 2. The van der Waals surface area contributed by atoms with E-state index < -0.39 is 0 Å². The van der Waals surface area contributed by atoms with Crippen molar-refractivity contribution in [3.05, 3.63) is 23.9 Å². The molecule has 1 amide bonds. The molecule has 1 rings (SSSR count). The van der Waals surface area contributed by atoms with Gasteiger partial charge in [-0.2, -0.15) is 0 Å². The Bertz CT molecular complexity index is 381. The number of nitrogens with zero attached hydrogens (tertiary/aromatic N) is 2. The summed E-state index contributed by atoms with van der Waals surface area (Å²) < 4.78 is 4.95. The first kappa shape index (κ1) is 15.4. The molecule has 1 aromatic heterocycles. The van der Waals surface area contributed by atoms with E-state index in [0.717, 1.165) is 24.5 Å². The first-order valence-electron chi connectivity index (χ1n) is 6.35. The summed E-state index contributed by atoms with van der Waals surface area (Å²) in [6.45, 7) is 5.09. The predicted octanol–water partition coefficient (Wildman–Crippen LogP) is 0.129. The largest absolute Gasteiger partial charge is 0.383 e. The van der Waals surface area contributed by atoms with Crippen LogP contribution in [0.3, 0.4) is 0 Å². The van der Waals surface area contributed by atoms with Crippen molar-refractivity contribution in [2.24, 2.45) is 5.73 Å². The van der Waals surface area contributed by atoms with Gasteiger partial charge in [0.25, 0.3) is 0 Å². The van der Waals surface area contributed by atoms with Crippen LogP contribution < -0.4 is 16.0 Å². The molecule has 0 spiro atoms. The van der Waals surface area contributed by atoms with Crippen molar-refractivity contribution >= 4 is 11.7 Å². The second-order valence-corrected chi connectivity index (χ2v) is 4.17. The van der Waals surface area contributed by atoms with Crippen molar-refractivity contribution in [1.82, 2.24) is 10.3 Å². The Morgan fingerprint density at radius 1 is 1.53 bits per heavy atom. The fourth-order valence-corrected chi connectivity index (χ4v) is 1.66. The molecule has 0 unspecified atom stereocenters. The van der Waals surface area contributed by atoms with E-state index >= 15 is 0 Å². The Kier molecular flexibility index (Phi) is 6.84. The summed E-state index contributed by atoms with van der Waals surface area (Å²) in [5.41, 5.74) is 6.29. The van der Waals surface area contributed by atoms with E-state index in [1.165, 1.54) is 0 Å². The SMILES string of the molecule is CCN(CC(N)=O)c1ccc(CNCCOC)cn1. The minimum absolute atomic E-state index is 0.189. The number of anilines is 1. The number of pyridine rings is 1. The number of nitrogens with two attached hydrogens (primary N) is 1. The van der Waals surface area contributed by atoms with Crippen LogP contribution in [0, 0.1) is 0 Å². The fraction of sp³-hybridized carbons (Fsp3) is 0.538. The van der Waals surface area contributed by atoms with Crippen molar-refractivity contribution in [3.63, 3.8) is 0 Å². The van der Waals surface area contributed by atoms with E-state index in [1.807, 2.05) is 24.0 Å². The molecule has 0 bridgehead atoms. The summed E-state index contributed by atoms with van der Waals surface area (Å²) in [7, 11) is 1.68. The van der Waals surface area contributed by atoms with Gasteiger partial charge in [0, 0.05) is 32.9 Å². The molecule has 0 aliphatic heterocycles. The average molecular weight is 266 g/mol. The number of nitrogens with one attached hydrogen (secondary N) is 1. The summed E-state index contributed by atoms with van der Waals surface area (Å²) >= 11 is 0. The van der Waals surface area contributed by atoms with E-state index in [-0.39, 0.29) is 12.5 Å². The standard InChI is InChI=1S/C13H22N4O2/c1-3-17(10-12(14)18)13-5-4-11(9-16-13)8-15-6-7-19-2/h4-5,9,15H,3,6-8,10H2,1-2H3,(H2,14,18). The number of aromatic nitrogens is 1. The van der Waals surface area contributed by atoms with Gasteiger partial charge in [0.15, 0.2) is 0 Å². The van der Waals surface area contributed by atoms with Gasteiger partial charge >= 0.3 is 0 Å². The van der Waals surface area contributed by atoms with Crippen molar-refractivity contribution in [2.75, 3.05) is 38.3 Å². The first-order chi connectivity index (χ1) is 9.17. The molecule has 1 heterocycles. The number of hydrogen-bond acceptors (Lipinski definition) is 5. The Balaban J connectivity index is 2.52. The lowest BCUT2D eigenvalue weighted by molar-refractivity contribution is -0.116. The third-order valence-corrected chi connectivity index (χ3v) is 2.67. The molecule has 0 atom stereocenters. The number of ether oxygens (including phenoxy) is 1. The topological polar surface area (TPSA) is 80.5 Å². The van der Waals surface area contributed by atoms with E-state index in [9.17, 15) is 4.79 Å². The summed E-state index contributed by atoms with van der Waals surface area (Å²) in [6.07, 6.45) is 1.80. The summed E-state index contributed by atoms with van der Waals surface area (Å²) in [5.74, 6) is 0.413. The molecule has 0 saturated heterocycles. The molecule has 6 nitrogen and oxygen atoms in total. The minimum atomic E-state index is -0.353. The number of amides is 1. The zero-order valence-electron chi connectivity index (χ0n) is 11.6. The third kappa shape index (κ3) is 5.67. The Hall–Kier alpha value is -1.66. The van der Waals surface area contributed by atoms with Gasteiger partial charge in [0.2, 0.25) is 5.91 Å². The lowest BCUT2D eigenvalue weighted by Crippen LogP contribution is -2.34. The summed E-state index contributed by atoms with van der Waals surface area (Å²) in [4.78, 5) is 17.1. The highest BCUT2D eigenvalue weighted by atomic mass is 16.5. The van der Waals surface area contributed by atoms with Gasteiger partial charge in [-0.3, -0.25) is 4.79 Å². The number of methoxy groups -OCH3 is 1. The molecule has 106 valence electrons. The Morgan fingerprint density at radius 2 is 2.32 bits per heavy atom. The van der Waals surface area contributed by atoms with Crippen molar-refractivity contribution in [3.8, 4) is 0 Å². The molecule has 0 radical (unpaired) electrons. The zero-order valence-corrected chi connectivity index (χ0v) is 11.6. The van der Waals surface area contributed by atoms with Crippen LogP contribution in [0.2, 0.25) is 0 Å². The van der Waals surface area contributed by atoms with Gasteiger partial charge in [-0.05, 0) is 18.6 Å². The molecule has 1 aromatic rings. The summed E-state index contributed by atoms with van der Waals surface area (Å²) in [6, 6.07) is 3.89. The van der Waals surface area contributed by atoms with Crippen LogP contribution in [0.5, 0.6) is 0 Å². The fourth-order valence-electron chi connectivity index (χ4n) is 1.66. The maximum Gasteiger partial charge on any atom is 0.236 e. The van der Waals surface area contributed by atoms with Gasteiger partial charge in [0.1, 0.15) is 5.82 Å². The monoisotopic (exact) mass is 266 g/mol. The normalized spacial score (nSPS) is 10.4. The Morgan fingerprint density at radius 3 is 2.84 bits per heavy atom. The quantitative estimate of drug-likeness (QED) is 0.621. The predicted molar refractivity (Wildman–Crippen MR) is 74.9 cm³/mol. The third-order valence-electron chi connectivity index (χ3n) is 2.67. The second-order valence-electron chi connectivity index (χ2n) is 4.17. The maximum atomic E-state index is 10.9. The molecule has 0 aliphatic carbocycles.